The molecule has 0 radical (unpaired) electrons. The number of nitrogens with zero attached hydrogens (tertiary/aromatic N) is 1. The molecule has 2 aromatic rings. The van der Waals surface area contributed by atoms with E-state index in [0.717, 1.165) is 38.2 Å². The summed E-state index contributed by atoms with van der Waals surface area (Å²) < 4.78 is 28.1. The van der Waals surface area contributed by atoms with Gasteiger partial charge in [-0.3, -0.25) is 14.5 Å². The van der Waals surface area contributed by atoms with Crippen LogP contribution < -0.4 is 10.6 Å². The molecule has 0 bridgehead atoms. The number of rotatable bonds is 11. The molecule has 42 heavy (non-hydrogen) atoms. The van der Waals surface area contributed by atoms with Gasteiger partial charge in [-0.15, -0.1) is 0 Å². The zero-order valence-corrected chi connectivity index (χ0v) is 25.0. The number of amides is 1. The van der Waals surface area contributed by atoms with Gasteiger partial charge in [-0.2, -0.15) is 0 Å². The number of hydrogen-bond donors (Lipinski definition) is 4. The molecule has 1 aliphatic carbocycles. The van der Waals surface area contributed by atoms with E-state index in [4.69, 9.17) is 0 Å². The molecule has 0 spiro atoms. The Morgan fingerprint density at radius 1 is 1.05 bits per heavy atom. The van der Waals surface area contributed by atoms with Crippen molar-refractivity contribution in [2.24, 2.45) is 0 Å². The highest BCUT2D eigenvalue weighted by Crippen LogP contribution is 2.38. The lowest BCUT2D eigenvalue weighted by Crippen LogP contribution is -2.56. The molecule has 3 atom stereocenters. The number of aliphatic carboxylic acids is 1. The van der Waals surface area contributed by atoms with Crippen molar-refractivity contribution in [2.45, 2.75) is 101 Å². The fraction of sp³-hybridized carbons (Fsp3) is 0.576. The molecular weight excluding hydrogens is 540 g/mol. The Hall–Kier alpha value is -2.88. The summed E-state index contributed by atoms with van der Waals surface area (Å²) in [7, 11) is 0. The highest BCUT2D eigenvalue weighted by atomic mass is 19.1. The van der Waals surface area contributed by atoms with Gasteiger partial charge in [-0.25, -0.2) is 8.78 Å². The number of carbonyl (C=O) groups is 2. The van der Waals surface area contributed by atoms with Gasteiger partial charge in [0.05, 0.1) is 24.7 Å². The second-order valence-corrected chi connectivity index (χ2v) is 13.0. The summed E-state index contributed by atoms with van der Waals surface area (Å²) >= 11 is 0. The predicted octanol–water partition coefficient (Wildman–Crippen LogP) is 4.65. The number of carboxylic acid groups (broad SMARTS) is 1. The van der Waals surface area contributed by atoms with E-state index in [1.807, 2.05) is 0 Å². The van der Waals surface area contributed by atoms with Crippen molar-refractivity contribution >= 4 is 11.9 Å². The molecular formula is C33H45F2N3O4. The first-order chi connectivity index (χ1) is 19.9. The van der Waals surface area contributed by atoms with E-state index in [9.17, 15) is 28.6 Å². The zero-order valence-electron chi connectivity index (χ0n) is 25.0. The van der Waals surface area contributed by atoms with Crippen LogP contribution in [0, 0.1) is 11.6 Å². The number of halogens is 2. The topological polar surface area (TPSA) is 102 Å². The van der Waals surface area contributed by atoms with Crippen molar-refractivity contribution in [3.63, 3.8) is 0 Å². The fourth-order valence-electron chi connectivity index (χ4n) is 6.48. The highest BCUT2D eigenvalue weighted by Gasteiger charge is 2.37. The van der Waals surface area contributed by atoms with Crippen LogP contribution in [0.5, 0.6) is 0 Å². The molecule has 1 aliphatic heterocycles. The van der Waals surface area contributed by atoms with E-state index in [1.165, 1.54) is 23.3 Å². The van der Waals surface area contributed by atoms with E-state index in [2.05, 4.69) is 55.7 Å². The molecule has 7 nitrogen and oxygen atoms in total. The maximum absolute atomic E-state index is 14.0. The summed E-state index contributed by atoms with van der Waals surface area (Å²) in [4.78, 5) is 26.3. The van der Waals surface area contributed by atoms with Crippen molar-refractivity contribution in [3.05, 3.63) is 70.8 Å². The number of carboxylic acids is 1. The van der Waals surface area contributed by atoms with Gasteiger partial charge >= 0.3 is 5.97 Å². The third kappa shape index (κ3) is 8.14. The normalized spacial score (nSPS) is 20.7. The monoisotopic (exact) mass is 585 g/mol. The zero-order chi connectivity index (χ0) is 30.5. The van der Waals surface area contributed by atoms with Gasteiger partial charge in [0, 0.05) is 18.2 Å². The molecule has 1 saturated heterocycles. The third-order valence-electron chi connectivity index (χ3n) is 8.81. The van der Waals surface area contributed by atoms with Crippen LogP contribution in [0.2, 0.25) is 0 Å². The Balaban J connectivity index is 1.56. The number of aliphatic hydroxyl groups is 1. The van der Waals surface area contributed by atoms with E-state index in [0.29, 0.717) is 24.9 Å². The van der Waals surface area contributed by atoms with E-state index >= 15 is 0 Å². The standard InChI is InChI=1S/C33H45F2N3O4/c1-32(2,3)23-9-7-10-24(18-23)33(12-5-4-6-13-33)36-20-29(39)27(17-22-15-25(34)19-26(35)16-22)37-31(42)28-11-8-14-38(28)21-30(40)41/h7,9-10,15-16,18-19,27-29,36,39H,4-6,8,11-14,17,20-21H2,1-3H3,(H,37,42)(H,40,41). The number of likely N-dealkylation sites (tertiary alicyclic amines) is 1. The van der Waals surface area contributed by atoms with E-state index < -0.39 is 35.8 Å². The summed E-state index contributed by atoms with van der Waals surface area (Å²) in [5, 5.41) is 27.4. The molecule has 9 heteroatoms. The average Bonchev–Trinajstić information content (AvgIpc) is 3.38. The summed E-state index contributed by atoms with van der Waals surface area (Å²) in [5.41, 5.74) is 2.35. The number of nitrogens with one attached hydrogen (secondary N) is 2. The molecule has 0 aromatic heterocycles. The Labute approximate surface area is 247 Å². The van der Waals surface area contributed by atoms with Crippen LogP contribution in [-0.4, -0.2) is 64.8 Å². The fourth-order valence-corrected chi connectivity index (χ4v) is 6.48. The summed E-state index contributed by atoms with van der Waals surface area (Å²) in [6.45, 7) is 6.94. The van der Waals surface area contributed by atoms with Gasteiger partial charge in [0.15, 0.2) is 0 Å². The van der Waals surface area contributed by atoms with Crippen molar-refractivity contribution in [1.29, 1.82) is 0 Å². The quantitative estimate of drug-likeness (QED) is 0.306. The van der Waals surface area contributed by atoms with E-state index in [-0.39, 0.29) is 36.4 Å². The number of aliphatic hydroxyl groups excluding tert-OH is 1. The Kier molecular flexibility index (Phi) is 10.4. The Bertz CT molecular complexity index is 1220. The van der Waals surface area contributed by atoms with Gasteiger partial charge < -0.3 is 20.8 Å². The van der Waals surface area contributed by atoms with Gasteiger partial charge in [0.25, 0.3) is 0 Å². The lowest BCUT2D eigenvalue weighted by molar-refractivity contribution is -0.139. The third-order valence-corrected chi connectivity index (χ3v) is 8.81. The maximum atomic E-state index is 14.0. The summed E-state index contributed by atoms with van der Waals surface area (Å²) in [5.74, 6) is -2.86. The Morgan fingerprint density at radius 2 is 1.74 bits per heavy atom. The predicted molar refractivity (Wildman–Crippen MR) is 158 cm³/mol. The minimum Gasteiger partial charge on any atom is -0.480 e. The molecule has 4 rings (SSSR count). The van der Waals surface area contributed by atoms with E-state index in [1.54, 1.807) is 4.90 Å². The van der Waals surface area contributed by atoms with Gasteiger partial charge in [0.1, 0.15) is 11.6 Å². The average molecular weight is 586 g/mol. The number of carbonyl (C=O) groups excluding carboxylic acids is 1. The van der Waals surface area contributed by atoms with Crippen LogP contribution in [0.4, 0.5) is 8.78 Å². The van der Waals surface area contributed by atoms with Crippen LogP contribution in [-0.2, 0) is 27.0 Å². The first-order valence-corrected chi connectivity index (χ1v) is 15.1. The molecule has 2 aliphatic rings. The second kappa shape index (κ2) is 13.6. The largest absolute Gasteiger partial charge is 0.480 e. The van der Waals surface area contributed by atoms with Crippen LogP contribution in [0.3, 0.4) is 0 Å². The minimum absolute atomic E-state index is 0.0153. The molecule has 2 fully saturated rings. The molecule has 1 heterocycles. The number of benzene rings is 2. The Morgan fingerprint density at radius 3 is 2.38 bits per heavy atom. The van der Waals surface area contributed by atoms with Crippen molar-refractivity contribution in [1.82, 2.24) is 15.5 Å². The first kappa shape index (κ1) is 32.0. The number of hydrogen-bond acceptors (Lipinski definition) is 5. The van der Waals surface area contributed by atoms with Gasteiger partial charge in [-0.05, 0) is 72.9 Å². The SMILES string of the molecule is CC(C)(C)c1cccc(C2(NCC(O)C(Cc3cc(F)cc(F)c3)NC(=O)C3CCCN3CC(=O)O)CCCCC2)c1. The first-order valence-electron chi connectivity index (χ1n) is 15.1. The summed E-state index contributed by atoms with van der Waals surface area (Å²) in [6, 6.07) is 10.3. The lowest BCUT2D eigenvalue weighted by atomic mass is 9.74. The molecule has 4 N–H and O–H groups in total. The molecule has 3 unspecified atom stereocenters. The lowest BCUT2D eigenvalue weighted by Gasteiger charge is -2.41. The van der Waals surface area contributed by atoms with Crippen LogP contribution in [0.1, 0.15) is 82.4 Å². The van der Waals surface area contributed by atoms with Gasteiger partial charge in [0.2, 0.25) is 5.91 Å². The highest BCUT2D eigenvalue weighted by molar-refractivity contribution is 5.83. The molecule has 1 amide bonds. The van der Waals surface area contributed by atoms with Crippen LogP contribution >= 0.6 is 0 Å². The molecule has 2 aromatic carbocycles. The van der Waals surface area contributed by atoms with Crippen LogP contribution in [0.15, 0.2) is 42.5 Å². The summed E-state index contributed by atoms with van der Waals surface area (Å²) in [6.07, 6.45) is 5.19. The molecule has 230 valence electrons. The van der Waals surface area contributed by atoms with Crippen molar-refractivity contribution in [2.75, 3.05) is 19.6 Å². The smallest absolute Gasteiger partial charge is 0.317 e. The van der Waals surface area contributed by atoms with Crippen molar-refractivity contribution in [3.8, 4) is 0 Å². The van der Waals surface area contributed by atoms with Crippen LogP contribution in [0.25, 0.3) is 0 Å². The maximum Gasteiger partial charge on any atom is 0.317 e. The minimum atomic E-state index is -1.07. The van der Waals surface area contributed by atoms with Gasteiger partial charge in [-0.1, -0.05) is 64.3 Å². The molecule has 1 saturated carbocycles. The second-order valence-electron chi connectivity index (χ2n) is 13.0. The van der Waals surface area contributed by atoms with Crippen molar-refractivity contribution < 1.29 is 28.6 Å².